The molecule has 0 amide bonds. The van der Waals surface area contributed by atoms with Gasteiger partial charge in [0.1, 0.15) is 0 Å². The normalized spacial score (nSPS) is 10.9. The number of halogens is 3. The third-order valence-corrected chi connectivity index (χ3v) is 3.72. The van der Waals surface area contributed by atoms with Gasteiger partial charge >= 0.3 is 0 Å². The van der Waals surface area contributed by atoms with Crippen molar-refractivity contribution >= 4 is 67.3 Å². The van der Waals surface area contributed by atoms with Crippen LogP contribution >= 0.6 is 57.1 Å². The summed E-state index contributed by atoms with van der Waals surface area (Å²) in [6.45, 7) is 0. The molecule has 0 saturated heterocycles. The average Bonchev–Trinajstić information content (AvgIpc) is 2.29. The number of aromatic nitrogens is 2. The Morgan fingerprint density at radius 1 is 1.33 bits per heavy atom. The topological polar surface area (TPSA) is 25.8 Å². The summed E-state index contributed by atoms with van der Waals surface area (Å²) in [7, 11) is 0. The van der Waals surface area contributed by atoms with E-state index in [9.17, 15) is 0 Å². The number of hydrogen-bond donors (Lipinski definition) is 0. The summed E-state index contributed by atoms with van der Waals surface area (Å²) in [5.74, 6) is 0. The van der Waals surface area contributed by atoms with Gasteiger partial charge in [0.2, 0.25) is 5.28 Å². The minimum Gasteiger partial charge on any atom is -0.217 e. The highest BCUT2D eigenvalue weighted by Crippen LogP contribution is 2.30. The van der Waals surface area contributed by atoms with Crippen LogP contribution in [0.2, 0.25) is 10.4 Å². The molecule has 2 aromatic heterocycles. The van der Waals surface area contributed by atoms with Crippen LogP contribution in [0.1, 0.15) is 0 Å². The highest BCUT2D eigenvalue weighted by Gasteiger charge is 2.07. The summed E-state index contributed by atoms with van der Waals surface area (Å²) in [6, 6.07) is 1.93. The zero-order valence-electron chi connectivity index (χ0n) is 5.51. The summed E-state index contributed by atoms with van der Waals surface area (Å²) in [5, 5.41) is 0.625. The van der Waals surface area contributed by atoms with Gasteiger partial charge in [-0.15, -0.1) is 11.3 Å². The van der Waals surface area contributed by atoms with E-state index in [1.165, 1.54) is 0 Å². The Kier molecular flexibility index (Phi) is 2.42. The first-order chi connectivity index (χ1) is 5.66. The third kappa shape index (κ3) is 1.53. The van der Waals surface area contributed by atoms with Crippen LogP contribution in [0.15, 0.2) is 6.07 Å². The number of hydrogen-bond acceptors (Lipinski definition) is 3. The van der Waals surface area contributed by atoms with Gasteiger partial charge < -0.3 is 0 Å². The van der Waals surface area contributed by atoms with Crippen LogP contribution in [0, 0.1) is 2.88 Å². The molecule has 0 saturated carbocycles. The van der Waals surface area contributed by atoms with Crippen LogP contribution in [0.5, 0.6) is 0 Å². The molecule has 0 aliphatic heterocycles. The van der Waals surface area contributed by atoms with Crippen molar-refractivity contribution in [1.29, 1.82) is 0 Å². The lowest BCUT2D eigenvalue weighted by Crippen LogP contribution is -1.81. The smallest absolute Gasteiger partial charge is 0.217 e. The maximum atomic E-state index is 5.85. The Hall–Kier alpha value is 0.350. The standard InChI is InChI=1S/C6HCl2IN2S/c7-5-4-2(1-3(9)12-4)10-6(8)11-5/h1H. The van der Waals surface area contributed by atoms with Gasteiger partial charge in [-0.1, -0.05) is 11.6 Å². The Balaban J connectivity index is 2.88. The van der Waals surface area contributed by atoms with Gasteiger partial charge in [-0.2, -0.15) is 0 Å². The second-order valence-electron chi connectivity index (χ2n) is 2.05. The van der Waals surface area contributed by atoms with Crippen molar-refractivity contribution in [1.82, 2.24) is 9.97 Å². The highest BCUT2D eigenvalue weighted by atomic mass is 127. The molecule has 0 radical (unpaired) electrons. The molecule has 62 valence electrons. The van der Waals surface area contributed by atoms with Crippen molar-refractivity contribution in [2.45, 2.75) is 0 Å². The first kappa shape index (κ1) is 8.93. The fourth-order valence-corrected chi connectivity index (χ4v) is 3.01. The third-order valence-electron chi connectivity index (χ3n) is 1.27. The van der Waals surface area contributed by atoms with Crippen LogP contribution in [-0.2, 0) is 0 Å². The summed E-state index contributed by atoms with van der Waals surface area (Å²) < 4.78 is 2.02. The van der Waals surface area contributed by atoms with Crippen LogP contribution < -0.4 is 0 Å². The van der Waals surface area contributed by atoms with Crippen molar-refractivity contribution in [2.24, 2.45) is 0 Å². The van der Waals surface area contributed by atoms with Gasteiger partial charge in [0, 0.05) is 0 Å². The Bertz CT molecular complexity index is 442. The first-order valence-corrected chi connectivity index (χ1v) is 5.60. The largest absolute Gasteiger partial charge is 0.224 e. The number of nitrogens with zero attached hydrogens (tertiary/aromatic N) is 2. The lowest BCUT2D eigenvalue weighted by atomic mass is 10.5. The summed E-state index contributed by atoms with van der Waals surface area (Å²) in [5.41, 5.74) is 0.814. The molecule has 2 nitrogen and oxygen atoms in total. The minimum absolute atomic E-state index is 0.196. The highest BCUT2D eigenvalue weighted by molar-refractivity contribution is 14.1. The monoisotopic (exact) mass is 330 g/mol. The molecule has 0 aliphatic carbocycles. The molecular weight excluding hydrogens is 330 g/mol. The Morgan fingerprint density at radius 3 is 2.83 bits per heavy atom. The van der Waals surface area contributed by atoms with Crippen molar-refractivity contribution < 1.29 is 0 Å². The zero-order chi connectivity index (χ0) is 8.72. The van der Waals surface area contributed by atoms with Gasteiger partial charge in [-0.05, 0) is 40.3 Å². The van der Waals surface area contributed by atoms with E-state index in [2.05, 4.69) is 32.6 Å². The van der Waals surface area contributed by atoms with Crippen LogP contribution in [0.25, 0.3) is 10.2 Å². The lowest BCUT2D eigenvalue weighted by molar-refractivity contribution is 1.23. The van der Waals surface area contributed by atoms with E-state index in [0.717, 1.165) is 13.1 Å². The predicted octanol–water partition coefficient (Wildman–Crippen LogP) is 3.60. The van der Waals surface area contributed by atoms with Crippen LogP contribution in [0.4, 0.5) is 0 Å². The van der Waals surface area contributed by atoms with Crippen molar-refractivity contribution in [2.75, 3.05) is 0 Å². The molecule has 0 N–H and O–H groups in total. The molecule has 0 fully saturated rings. The quantitative estimate of drug-likeness (QED) is 0.419. The molecule has 0 bridgehead atoms. The molecule has 6 heteroatoms. The molecule has 0 spiro atoms. The van der Waals surface area contributed by atoms with E-state index < -0.39 is 0 Å². The second kappa shape index (κ2) is 3.25. The predicted molar refractivity (Wildman–Crippen MR) is 60.2 cm³/mol. The summed E-state index contributed by atoms with van der Waals surface area (Å²) in [6.07, 6.45) is 0. The van der Waals surface area contributed by atoms with E-state index >= 15 is 0 Å². The fourth-order valence-electron chi connectivity index (χ4n) is 0.839. The SMILES string of the molecule is Clc1nc(Cl)c2sc(I)cc2n1. The molecule has 0 aromatic carbocycles. The van der Waals surface area contributed by atoms with E-state index in [1.54, 1.807) is 11.3 Å². The van der Waals surface area contributed by atoms with Crippen molar-refractivity contribution in [3.63, 3.8) is 0 Å². The van der Waals surface area contributed by atoms with Gasteiger partial charge in [0.15, 0.2) is 5.15 Å². The molecule has 12 heavy (non-hydrogen) atoms. The summed E-state index contributed by atoms with van der Waals surface area (Å²) in [4.78, 5) is 7.87. The van der Waals surface area contributed by atoms with Gasteiger partial charge in [-0.3, -0.25) is 0 Å². The van der Waals surface area contributed by atoms with Crippen LogP contribution in [0.3, 0.4) is 0 Å². The first-order valence-electron chi connectivity index (χ1n) is 2.95. The van der Waals surface area contributed by atoms with Crippen LogP contribution in [-0.4, -0.2) is 9.97 Å². The lowest BCUT2D eigenvalue weighted by Gasteiger charge is -1.91. The molecule has 0 unspecified atom stereocenters. The number of fused-ring (bicyclic) bond motifs is 1. The fraction of sp³-hybridized carbons (Fsp3) is 0. The molecular formula is C6HCl2IN2S. The van der Waals surface area contributed by atoms with E-state index in [-0.39, 0.29) is 5.28 Å². The van der Waals surface area contributed by atoms with Crippen molar-refractivity contribution in [3.8, 4) is 0 Å². The molecule has 2 rings (SSSR count). The van der Waals surface area contributed by atoms with Gasteiger partial charge in [0.25, 0.3) is 0 Å². The van der Waals surface area contributed by atoms with E-state index in [4.69, 9.17) is 23.2 Å². The van der Waals surface area contributed by atoms with Crippen molar-refractivity contribution in [3.05, 3.63) is 19.4 Å². The molecule has 0 aliphatic rings. The summed E-state index contributed by atoms with van der Waals surface area (Å²) >= 11 is 15.2. The molecule has 2 aromatic rings. The molecule has 2 heterocycles. The molecule has 0 atom stereocenters. The van der Waals surface area contributed by atoms with E-state index in [1.807, 2.05) is 6.07 Å². The van der Waals surface area contributed by atoms with Gasteiger partial charge in [-0.25, -0.2) is 9.97 Å². The maximum absolute atomic E-state index is 5.85. The zero-order valence-corrected chi connectivity index (χ0v) is 10.00. The number of rotatable bonds is 0. The maximum Gasteiger partial charge on any atom is 0.224 e. The number of thiophene rings is 1. The average molecular weight is 331 g/mol. The Labute approximate surface area is 96.1 Å². The Morgan fingerprint density at radius 2 is 2.08 bits per heavy atom. The second-order valence-corrected chi connectivity index (χ2v) is 5.69. The van der Waals surface area contributed by atoms with E-state index in [0.29, 0.717) is 5.15 Å². The minimum atomic E-state index is 0.196. The van der Waals surface area contributed by atoms with Gasteiger partial charge in [0.05, 0.1) is 13.1 Å².